The molecular formula is C18H15F3OS. The SMILES string of the molecule is Cc1ccc2c(c1)CCC=C2[S+]([O-])c1ccc(C(F)(F)F)cc1. The summed E-state index contributed by atoms with van der Waals surface area (Å²) in [6.45, 7) is 2.01. The van der Waals surface area contributed by atoms with Gasteiger partial charge in [0.05, 0.1) is 5.56 Å². The molecule has 0 saturated carbocycles. The van der Waals surface area contributed by atoms with Gasteiger partial charge in [-0.15, -0.1) is 0 Å². The van der Waals surface area contributed by atoms with Crippen molar-refractivity contribution >= 4 is 16.1 Å². The summed E-state index contributed by atoms with van der Waals surface area (Å²) in [4.78, 5) is 1.07. The van der Waals surface area contributed by atoms with Crippen LogP contribution in [0.15, 0.2) is 53.4 Å². The second-order valence-corrected chi connectivity index (χ2v) is 7.01. The summed E-state index contributed by atoms with van der Waals surface area (Å²) >= 11 is -1.48. The van der Waals surface area contributed by atoms with Crippen molar-refractivity contribution < 1.29 is 17.7 Å². The summed E-state index contributed by atoms with van der Waals surface area (Å²) in [7, 11) is 0. The Morgan fingerprint density at radius 1 is 1.04 bits per heavy atom. The Morgan fingerprint density at radius 3 is 2.39 bits per heavy atom. The van der Waals surface area contributed by atoms with E-state index in [9.17, 15) is 17.7 Å². The first-order chi connectivity index (χ1) is 10.9. The van der Waals surface area contributed by atoms with E-state index < -0.39 is 22.9 Å². The molecule has 1 unspecified atom stereocenters. The highest BCUT2D eigenvalue weighted by molar-refractivity contribution is 8.00. The fourth-order valence-electron chi connectivity index (χ4n) is 2.71. The molecule has 0 radical (unpaired) electrons. The molecule has 1 aliphatic rings. The van der Waals surface area contributed by atoms with Gasteiger partial charge in [0, 0.05) is 16.7 Å². The zero-order valence-corrected chi connectivity index (χ0v) is 13.3. The van der Waals surface area contributed by atoms with Crippen LogP contribution in [0.5, 0.6) is 0 Å². The van der Waals surface area contributed by atoms with Crippen LogP contribution < -0.4 is 0 Å². The molecule has 0 aliphatic heterocycles. The molecule has 0 spiro atoms. The van der Waals surface area contributed by atoms with E-state index in [4.69, 9.17) is 0 Å². The third-order valence-corrected chi connectivity index (χ3v) is 5.35. The lowest BCUT2D eigenvalue weighted by Crippen LogP contribution is -2.11. The average Bonchev–Trinajstić information content (AvgIpc) is 2.52. The molecule has 3 rings (SSSR count). The molecule has 2 aromatic rings. The molecule has 0 saturated heterocycles. The fraction of sp³-hybridized carbons (Fsp3) is 0.222. The van der Waals surface area contributed by atoms with Gasteiger partial charge in [-0.2, -0.15) is 13.2 Å². The van der Waals surface area contributed by atoms with Gasteiger partial charge in [-0.3, -0.25) is 0 Å². The Labute approximate surface area is 136 Å². The first-order valence-corrected chi connectivity index (χ1v) is 8.40. The largest absolute Gasteiger partial charge is 0.606 e. The first kappa shape index (κ1) is 16.1. The number of benzene rings is 2. The third kappa shape index (κ3) is 3.31. The van der Waals surface area contributed by atoms with E-state index in [1.807, 2.05) is 25.1 Å². The lowest BCUT2D eigenvalue weighted by Gasteiger charge is -2.20. The van der Waals surface area contributed by atoms with Crippen LogP contribution in [0, 0.1) is 6.92 Å². The van der Waals surface area contributed by atoms with Gasteiger partial charge in [-0.1, -0.05) is 17.7 Å². The standard InChI is InChI=1S/C18H15F3OS/c1-12-5-10-16-13(11-12)3-2-4-17(16)23(22)15-8-6-14(7-9-15)18(19,20)21/h4-11H,2-3H2,1H3. The maximum Gasteiger partial charge on any atom is 0.416 e. The molecule has 2 aromatic carbocycles. The molecule has 5 heteroatoms. The van der Waals surface area contributed by atoms with Gasteiger partial charge in [-0.05, 0) is 61.7 Å². The minimum absolute atomic E-state index is 0.387. The molecule has 0 heterocycles. The van der Waals surface area contributed by atoms with E-state index in [1.54, 1.807) is 0 Å². The highest BCUT2D eigenvalue weighted by Gasteiger charge is 2.31. The minimum Gasteiger partial charge on any atom is -0.606 e. The van der Waals surface area contributed by atoms with E-state index >= 15 is 0 Å². The van der Waals surface area contributed by atoms with Gasteiger partial charge in [0.1, 0.15) is 0 Å². The van der Waals surface area contributed by atoms with Crippen LogP contribution in [-0.2, 0) is 23.8 Å². The lowest BCUT2D eigenvalue weighted by molar-refractivity contribution is -0.137. The number of allylic oxidation sites excluding steroid dienone is 1. The number of hydrogen-bond acceptors (Lipinski definition) is 1. The highest BCUT2D eigenvalue weighted by atomic mass is 32.2. The van der Waals surface area contributed by atoms with Gasteiger partial charge in [-0.25, -0.2) is 0 Å². The molecule has 0 fully saturated rings. The van der Waals surface area contributed by atoms with Crippen LogP contribution in [0.4, 0.5) is 13.2 Å². The summed E-state index contributed by atoms with van der Waals surface area (Å²) in [6.07, 6.45) is -0.775. The van der Waals surface area contributed by atoms with E-state index in [0.717, 1.165) is 41.7 Å². The van der Waals surface area contributed by atoms with Gasteiger partial charge < -0.3 is 4.55 Å². The molecule has 1 aliphatic carbocycles. The van der Waals surface area contributed by atoms with E-state index in [2.05, 4.69) is 6.07 Å². The topological polar surface area (TPSA) is 23.1 Å². The second-order valence-electron chi connectivity index (χ2n) is 5.56. The Hall–Kier alpha value is -1.72. The number of aryl methyl sites for hydroxylation is 2. The predicted octanol–water partition coefficient (Wildman–Crippen LogP) is 5.11. The second kappa shape index (κ2) is 6.06. The van der Waals surface area contributed by atoms with Crippen LogP contribution in [0.3, 0.4) is 0 Å². The molecule has 120 valence electrons. The van der Waals surface area contributed by atoms with Crippen molar-refractivity contribution in [3.63, 3.8) is 0 Å². The molecule has 1 nitrogen and oxygen atoms in total. The van der Waals surface area contributed by atoms with E-state index in [0.29, 0.717) is 9.80 Å². The first-order valence-electron chi connectivity index (χ1n) is 7.25. The molecule has 0 aromatic heterocycles. The fourth-order valence-corrected chi connectivity index (χ4v) is 4.01. The summed E-state index contributed by atoms with van der Waals surface area (Å²) in [5.41, 5.74) is 2.49. The number of alkyl halides is 3. The molecule has 0 amide bonds. The average molecular weight is 336 g/mol. The van der Waals surface area contributed by atoms with E-state index in [-0.39, 0.29) is 0 Å². The van der Waals surface area contributed by atoms with Crippen LogP contribution in [0.2, 0.25) is 0 Å². The van der Waals surface area contributed by atoms with Crippen molar-refractivity contribution in [3.05, 3.63) is 70.8 Å². The molecule has 0 bridgehead atoms. The lowest BCUT2D eigenvalue weighted by atomic mass is 9.95. The van der Waals surface area contributed by atoms with Crippen LogP contribution in [0.1, 0.15) is 28.7 Å². The number of fused-ring (bicyclic) bond motifs is 1. The van der Waals surface area contributed by atoms with E-state index in [1.165, 1.54) is 12.1 Å². The van der Waals surface area contributed by atoms with Crippen molar-refractivity contribution in [1.29, 1.82) is 0 Å². The zero-order chi connectivity index (χ0) is 16.6. The van der Waals surface area contributed by atoms with Gasteiger partial charge >= 0.3 is 6.18 Å². The maximum atomic E-state index is 12.8. The summed E-state index contributed by atoms with van der Waals surface area (Å²) in [5.74, 6) is 0. The molecule has 1 atom stereocenters. The van der Waals surface area contributed by atoms with Crippen LogP contribution in [0.25, 0.3) is 4.91 Å². The third-order valence-electron chi connectivity index (χ3n) is 3.87. The monoisotopic (exact) mass is 336 g/mol. The Morgan fingerprint density at radius 2 is 1.74 bits per heavy atom. The van der Waals surface area contributed by atoms with Crippen molar-refractivity contribution in [3.8, 4) is 0 Å². The highest BCUT2D eigenvalue weighted by Crippen LogP contribution is 2.36. The molecular weight excluding hydrogens is 321 g/mol. The minimum atomic E-state index is -4.38. The molecule has 0 N–H and O–H groups in total. The Balaban J connectivity index is 1.92. The number of rotatable bonds is 2. The Kier molecular flexibility index (Phi) is 4.25. The van der Waals surface area contributed by atoms with Crippen LogP contribution >= 0.6 is 0 Å². The van der Waals surface area contributed by atoms with Crippen molar-refractivity contribution in [1.82, 2.24) is 0 Å². The van der Waals surface area contributed by atoms with Gasteiger partial charge in [0.15, 0.2) is 9.80 Å². The summed E-state index contributed by atoms with van der Waals surface area (Å²) < 4.78 is 50.6. The quantitative estimate of drug-likeness (QED) is 0.699. The number of hydrogen-bond donors (Lipinski definition) is 0. The zero-order valence-electron chi connectivity index (χ0n) is 12.5. The van der Waals surface area contributed by atoms with Crippen molar-refractivity contribution in [2.75, 3.05) is 0 Å². The molecule has 23 heavy (non-hydrogen) atoms. The van der Waals surface area contributed by atoms with Gasteiger partial charge in [0.25, 0.3) is 0 Å². The van der Waals surface area contributed by atoms with Crippen molar-refractivity contribution in [2.45, 2.75) is 30.8 Å². The summed E-state index contributed by atoms with van der Waals surface area (Å²) in [6, 6.07) is 10.5. The normalized spacial score (nSPS) is 15.8. The maximum absolute atomic E-state index is 12.8. The number of halogens is 3. The van der Waals surface area contributed by atoms with Crippen molar-refractivity contribution in [2.24, 2.45) is 0 Å². The van der Waals surface area contributed by atoms with Gasteiger partial charge in [0.2, 0.25) is 0 Å². The Bertz CT molecular complexity index is 748. The smallest absolute Gasteiger partial charge is 0.416 e. The summed E-state index contributed by atoms with van der Waals surface area (Å²) in [5, 5.41) is 0. The predicted molar refractivity (Wildman–Crippen MR) is 85.3 cm³/mol. The van der Waals surface area contributed by atoms with Crippen LogP contribution in [-0.4, -0.2) is 4.55 Å².